The molecule has 0 aliphatic rings. The number of hydrogen-bond donors (Lipinski definition) is 0. The first kappa shape index (κ1) is 8.42. The maximum absolute atomic E-state index is 4.89. The van der Waals surface area contributed by atoms with Gasteiger partial charge in [0.25, 0.3) is 0 Å². The van der Waals surface area contributed by atoms with Gasteiger partial charge in [-0.25, -0.2) is 0 Å². The number of rotatable bonds is 2. The van der Waals surface area contributed by atoms with Crippen LogP contribution in [0.15, 0.2) is 0 Å². The Morgan fingerprint density at radius 2 is 1.43 bits per heavy atom. The quantitative estimate of drug-likeness (QED) is 0.719. The normalized spacial score (nSPS) is 12.0. The van der Waals surface area contributed by atoms with Crippen LogP contribution < -0.4 is 0 Å². The summed E-state index contributed by atoms with van der Waals surface area (Å²) >= 11 is 6.48. The summed E-state index contributed by atoms with van der Waals surface area (Å²) in [7, 11) is 0.750. The van der Waals surface area contributed by atoms with Crippen LogP contribution in [-0.4, -0.2) is 24.5 Å². The summed E-state index contributed by atoms with van der Waals surface area (Å²) in [6.45, 7) is 0. The molecule has 0 saturated carbocycles. The predicted octanol–water partition coefficient (Wildman–Crippen LogP) is 1.50. The van der Waals surface area contributed by atoms with Gasteiger partial charge in [0.05, 0.1) is 0 Å². The van der Waals surface area contributed by atoms with Gasteiger partial charge in [0.1, 0.15) is 0 Å². The van der Waals surface area contributed by atoms with Crippen molar-refractivity contribution in [3.63, 3.8) is 0 Å². The molecule has 0 spiro atoms. The van der Waals surface area contributed by atoms with Crippen LogP contribution in [0.5, 0.6) is 0 Å². The van der Waals surface area contributed by atoms with Crippen molar-refractivity contribution in [1.82, 2.24) is 0 Å². The first-order chi connectivity index (χ1) is 3.12. The fourth-order valence-corrected chi connectivity index (χ4v) is 0.433. The minimum absolute atomic E-state index is 1.60. The van der Waals surface area contributed by atoms with E-state index in [0.717, 1.165) is 0 Å². The van der Waals surface area contributed by atoms with Crippen LogP contribution in [0, 0.1) is 0 Å². The van der Waals surface area contributed by atoms with E-state index in [-0.39, 0.29) is 0 Å². The van der Waals surface area contributed by atoms with Crippen LogP contribution in [0.2, 0.25) is 0 Å². The monoisotopic (exact) mass is 294 g/mol. The molecule has 2 nitrogen and oxygen atoms in total. The molecule has 0 unspecified atom stereocenters. The summed E-state index contributed by atoms with van der Waals surface area (Å²) in [5, 5.41) is 0. The zero-order chi connectivity index (χ0) is 5.91. The molecule has 0 aliphatic carbocycles. The molecular formula is C2H6Br2GeO2. The second kappa shape index (κ2) is 3.45. The van der Waals surface area contributed by atoms with Crippen LogP contribution in [0.1, 0.15) is 0 Å². The third-order valence-corrected chi connectivity index (χ3v) is 9.20. The molecule has 0 N–H and O–H groups in total. The van der Waals surface area contributed by atoms with Crippen LogP contribution >= 0.6 is 28.0 Å². The molecule has 5 heteroatoms. The molecule has 0 aromatic heterocycles. The van der Waals surface area contributed by atoms with E-state index in [0.29, 0.717) is 0 Å². The summed E-state index contributed by atoms with van der Waals surface area (Å²) in [5.74, 6) is 0. The Hall–Kier alpha value is 1.42. The van der Waals surface area contributed by atoms with Gasteiger partial charge < -0.3 is 0 Å². The molecule has 0 radical (unpaired) electrons. The van der Waals surface area contributed by atoms with Crippen molar-refractivity contribution >= 4 is 38.3 Å². The van der Waals surface area contributed by atoms with Gasteiger partial charge in [-0.05, 0) is 0 Å². The van der Waals surface area contributed by atoms with Crippen LogP contribution in [0.3, 0.4) is 0 Å². The van der Waals surface area contributed by atoms with E-state index in [1.807, 2.05) is 0 Å². The van der Waals surface area contributed by atoms with E-state index in [4.69, 9.17) is 7.53 Å². The van der Waals surface area contributed by atoms with Crippen LogP contribution in [-0.2, 0) is 7.53 Å². The van der Waals surface area contributed by atoms with Gasteiger partial charge in [0, 0.05) is 0 Å². The van der Waals surface area contributed by atoms with Crippen molar-refractivity contribution in [1.29, 1.82) is 0 Å². The Bertz CT molecular complexity index is 51.7. The van der Waals surface area contributed by atoms with E-state index in [9.17, 15) is 0 Å². The SMILES string of the molecule is C[O][Ge]([Br])([Br])[O]C. The van der Waals surface area contributed by atoms with Crippen LogP contribution in [0.4, 0.5) is 0 Å². The second-order valence-electron chi connectivity index (χ2n) is 0.872. The zero-order valence-corrected chi connectivity index (χ0v) is 9.34. The van der Waals surface area contributed by atoms with E-state index in [2.05, 4.69) is 28.0 Å². The molecule has 0 aromatic carbocycles. The van der Waals surface area contributed by atoms with Crippen molar-refractivity contribution in [3.8, 4) is 0 Å². The maximum atomic E-state index is 4.89. The molecule has 0 amide bonds. The first-order valence-corrected chi connectivity index (χ1v) is 13.1. The molecule has 0 bridgehead atoms. The van der Waals surface area contributed by atoms with Gasteiger partial charge in [0.2, 0.25) is 0 Å². The van der Waals surface area contributed by atoms with Gasteiger partial charge >= 0.3 is 60.0 Å². The van der Waals surface area contributed by atoms with E-state index in [1.165, 1.54) is 0 Å². The summed E-state index contributed by atoms with van der Waals surface area (Å²) < 4.78 is 9.77. The molecule has 0 rings (SSSR count). The second-order valence-corrected chi connectivity index (χ2v) is 20.9. The minimum atomic E-state index is -2.46. The van der Waals surface area contributed by atoms with Gasteiger partial charge in [0.15, 0.2) is 0 Å². The molecule has 0 atom stereocenters. The Balaban J connectivity index is 3.36. The topological polar surface area (TPSA) is 18.5 Å². The number of hydrogen-bond acceptors (Lipinski definition) is 2. The Morgan fingerprint density at radius 3 is 1.43 bits per heavy atom. The molecule has 0 aliphatic heterocycles. The fourth-order valence-electron chi connectivity index (χ4n) is 0.0833. The predicted molar refractivity (Wildman–Crippen MR) is 37.6 cm³/mol. The first-order valence-electron chi connectivity index (χ1n) is 1.60. The van der Waals surface area contributed by atoms with Gasteiger partial charge in [-0.1, -0.05) is 0 Å². The molecule has 0 fully saturated rings. The molecule has 44 valence electrons. The van der Waals surface area contributed by atoms with Crippen molar-refractivity contribution in [3.05, 3.63) is 0 Å². The Labute approximate surface area is 59.8 Å². The van der Waals surface area contributed by atoms with Crippen molar-refractivity contribution < 1.29 is 7.53 Å². The van der Waals surface area contributed by atoms with Crippen molar-refractivity contribution in [2.45, 2.75) is 0 Å². The average molecular weight is 294 g/mol. The third kappa shape index (κ3) is 3.96. The van der Waals surface area contributed by atoms with Crippen molar-refractivity contribution in [2.24, 2.45) is 0 Å². The van der Waals surface area contributed by atoms with Crippen molar-refractivity contribution in [2.75, 3.05) is 14.2 Å². The van der Waals surface area contributed by atoms with Crippen LogP contribution in [0.25, 0.3) is 0 Å². The van der Waals surface area contributed by atoms with E-state index in [1.54, 1.807) is 14.2 Å². The van der Waals surface area contributed by atoms with Gasteiger partial charge in [-0.3, -0.25) is 0 Å². The molecule has 7 heavy (non-hydrogen) atoms. The Kier molecular flexibility index (Phi) is 4.15. The molecule has 0 heterocycles. The summed E-state index contributed by atoms with van der Waals surface area (Å²) in [4.78, 5) is 0. The van der Waals surface area contributed by atoms with E-state index < -0.39 is 10.3 Å². The molecule has 0 saturated heterocycles. The summed E-state index contributed by atoms with van der Waals surface area (Å²) in [6, 6.07) is 0. The molecular weight excluding hydrogens is 288 g/mol. The third-order valence-electron chi connectivity index (χ3n) is 0.475. The Morgan fingerprint density at radius 1 is 1.14 bits per heavy atom. The average Bonchev–Trinajstić information content (AvgIpc) is 1.68. The van der Waals surface area contributed by atoms with Gasteiger partial charge in [-0.15, -0.1) is 0 Å². The summed E-state index contributed by atoms with van der Waals surface area (Å²) in [5.41, 5.74) is 0. The zero-order valence-electron chi connectivity index (χ0n) is 4.07. The number of halogens is 2. The van der Waals surface area contributed by atoms with E-state index >= 15 is 0 Å². The fraction of sp³-hybridized carbons (Fsp3) is 1.00. The molecule has 0 aromatic rings. The summed E-state index contributed by atoms with van der Waals surface area (Å²) in [6.07, 6.45) is 0. The standard InChI is InChI=1S/C2H6Br2GeO2/c1-6-5(3,4)7-2/h1-2H3. The van der Waals surface area contributed by atoms with Gasteiger partial charge in [-0.2, -0.15) is 0 Å².